The summed E-state index contributed by atoms with van der Waals surface area (Å²) in [5.74, 6) is -0.236. The molecule has 0 aliphatic rings. The fraction of sp³-hybridized carbons (Fsp3) is 0.0588. The van der Waals surface area contributed by atoms with Crippen molar-refractivity contribution in [3.63, 3.8) is 0 Å². The zero-order valence-electron chi connectivity index (χ0n) is 13.6. The summed E-state index contributed by atoms with van der Waals surface area (Å²) in [6.07, 6.45) is 1.10. The minimum atomic E-state index is -3.31. The molecular formula is C17H14BrN3O3S2. The first-order valence-electron chi connectivity index (χ1n) is 7.41. The van der Waals surface area contributed by atoms with Gasteiger partial charge in [0.1, 0.15) is 0 Å². The van der Waals surface area contributed by atoms with E-state index >= 15 is 0 Å². The maximum atomic E-state index is 12.3. The summed E-state index contributed by atoms with van der Waals surface area (Å²) < 4.78 is 25.7. The van der Waals surface area contributed by atoms with E-state index in [9.17, 15) is 13.2 Å². The van der Waals surface area contributed by atoms with Gasteiger partial charge >= 0.3 is 0 Å². The monoisotopic (exact) mass is 451 g/mol. The number of aromatic nitrogens is 1. The van der Waals surface area contributed by atoms with Gasteiger partial charge in [-0.1, -0.05) is 34.1 Å². The molecule has 2 N–H and O–H groups in total. The highest BCUT2D eigenvalue weighted by molar-refractivity contribution is 9.10. The van der Waals surface area contributed by atoms with Crippen molar-refractivity contribution in [1.29, 1.82) is 0 Å². The Morgan fingerprint density at radius 1 is 1.15 bits per heavy atom. The van der Waals surface area contributed by atoms with Crippen LogP contribution in [0.25, 0.3) is 11.3 Å². The summed E-state index contributed by atoms with van der Waals surface area (Å²) in [4.78, 5) is 16.7. The molecule has 1 amide bonds. The van der Waals surface area contributed by atoms with Gasteiger partial charge in [0.15, 0.2) is 5.13 Å². The second-order valence-electron chi connectivity index (χ2n) is 5.45. The number of hydrogen-bond donors (Lipinski definition) is 2. The normalized spacial score (nSPS) is 11.2. The van der Waals surface area contributed by atoms with E-state index in [2.05, 4.69) is 31.0 Å². The highest BCUT2D eigenvalue weighted by atomic mass is 79.9. The zero-order valence-corrected chi connectivity index (χ0v) is 16.8. The van der Waals surface area contributed by atoms with Crippen molar-refractivity contribution in [1.82, 2.24) is 4.98 Å². The lowest BCUT2D eigenvalue weighted by molar-refractivity contribution is 0.102. The summed E-state index contributed by atoms with van der Waals surface area (Å²) in [7, 11) is -3.31. The van der Waals surface area contributed by atoms with Crippen molar-refractivity contribution >= 4 is 54.0 Å². The van der Waals surface area contributed by atoms with Crippen LogP contribution < -0.4 is 10.0 Å². The molecule has 1 aromatic heterocycles. The van der Waals surface area contributed by atoms with Gasteiger partial charge in [-0.15, -0.1) is 11.3 Å². The van der Waals surface area contributed by atoms with E-state index < -0.39 is 10.0 Å². The van der Waals surface area contributed by atoms with E-state index in [0.717, 1.165) is 16.3 Å². The van der Waals surface area contributed by atoms with Crippen LogP contribution in [0.3, 0.4) is 0 Å². The van der Waals surface area contributed by atoms with Crippen molar-refractivity contribution in [2.45, 2.75) is 0 Å². The Bertz CT molecular complexity index is 1050. The first kappa shape index (κ1) is 18.6. The number of nitrogens with one attached hydrogen (secondary N) is 2. The van der Waals surface area contributed by atoms with Crippen LogP contribution in [-0.2, 0) is 10.0 Å². The third-order valence-corrected chi connectivity index (χ3v) is 5.15. The number of carbonyl (C=O) groups excluding carboxylic acids is 1. The highest BCUT2D eigenvalue weighted by Crippen LogP contribution is 2.26. The maximum absolute atomic E-state index is 12.3. The lowest BCUT2D eigenvalue weighted by Crippen LogP contribution is -2.11. The van der Waals surface area contributed by atoms with Gasteiger partial charge in [-0.25, -0.2) is 13.4 Å². The van der Waals surface area contributed by atoms with Crippen LogP contribution in [0.2, 0.25) is 0 Å². The van der Waals surface area contributed by atoms with Gasteiger partial charge in [-0.2, -0.15) is 0 Å². The molecule has 0 saturated carbocycles. The molecule has 9 heteroatoms. The Labute approximate surface area is 163 Å². The second-order valence-corrected chi connectivity index (χ2v) is 8.98. The quantitative estimate of drug-likeness (QED) is 0.608. The minimum Gasteiger partial charge on any atom is -0.298 e. The topological polar surface area (TPSA) is 88.2 Å². The van der Waals surface area contributed by atoms with Crippen LogP contribution in [-0.4, -0.2) is 25.6 Å². The molecular weight excluding hydrogens is 438 g/mol. The molecule has 0 bridgehead atoms. The van der Waals surface area contributed by atoms with Crippen LogP contribution in [0, 0.1) is 0 Å². The Hall–Kier alpha value is -2.23. The van der Waals surface area contributed by atoms with E-state index in [-0.39, 0.29) is 5.91 Å². The van der Waals surface area contributed by atoms with Crippen LogP contribution >= 0.6 is 27.3 Å². The first-order valence-corrected chi connectivity index (χ1v) is 11.0. The summed E-state index contributed by atoms with van der Waals surface area (Å²) in [6, 6.07) is 14.0. The number of sulfonamides is 1. The van der Waals surface area contributed by atoms with Gasteiger partial charge in [0.25, 0.3) is 5.91 Å². The Kier molecular flexibility index (Phi) is 5.40. The third-order valence-electron chi connectivity index (χ3n) is 3.30. The number of rotatable bonds is 5. The fourth-order valence-corrected chi connectivity index (χ4v) is 3.86. The Morgan fingerprint density at radius 2 is 1.88 bits per heavy atom. The molecule has 0 atom stereocenters. The number of carbonyl (C=O) groups is 1. The second kappa shape index (κ2) is 7.56. The molecule has 6 nitrogen and oxygen atoms in total. The summed E-state index contributed by atoms with van der Waals surface area (Å²) in [5, 5.41) is 5.09. The molecule has 2 aromatic carbocycles. The first-order chi connectivity index (χ1) is 12.3. The van der Waals surface area contributed by atoms with Gasteiger partial charge in [0, 0.05) is 26.7 Å². The number of thiazole rings is 1. The number of anilines is 2. The SMILES string of the molecule is CS(=O)(=O)Nc1ccc(-c2csc(NC(=O)c3cccc(Br)c3)n2)cc1. The van der Waals surface area contributed by atoms with E-state index in [1.165, 1.54) is 11.3 Å². The molecule has 3 aromatic rings. The molecule has 3 rings (SSSR count). The van der Waals surface area contributed by atoms with E-state index in [1.54, 1.807) is 42.5 Å². The Morgan fingerprint density at radius 3 is 2.54 bits per heavy atom. The molecule has 0 aliphatic carbocycles. The smallest absolute Gasteiger partial charge is 0.257 e. The van der Waals surface area contributed by atoms with Crippen molar-refractivity contribution in [3.8, 4) is 11.3 Å². The van der Waals surface area contributed by atoms with Gasteiger partial charge in [-0.3, -0.25) is 14.8 Å². The number of halogens is 1. The van der Waals surface area contributed by atoms with Crippen LogP contribution in [0.5, 0.6) is 0 Å². The van der Waals surface area contributed by atoms with Crippen LogP contribution in [0.4, 0.5) is 10.8 Å². The molecule has 26 heavy (non-hydrogen) atoms. The lowest BCUT2D eigenvalue weighted by atomic mass is 10.1. The molecule has 0 unspecified atom stereocenters. The zero-order chi connectivity index (χ0) is 18.7. The maximum Gasteiger partial charge on any atom is 0.257 e. The summed E-state index contributed by atoms with van der Waals surface area (Å²) >= 11 is 4.66. The average molecular weight is 452 g/mol. The third kappa shape index (κ3) is 4.90. The predicted molar refractivity (Wildman–Crippen MR) is 108 cm³/mol. The van der Waals surface area contributed by atoms with Gasteiger partial charge in [0.05, 0.1) is 11.9 Å². The average Bonchev–Trinajstić information content (AvgIpc) is 3.02. The van der Waals surface area contributed by atoms with E-state index in [0.29, 0.717) is 22.1 Å². The highest BCUT2D eigenvalue weighted by Gasteiger charge is 2.11. The fourth-order valence-electron chi connectivity index (χ4n) is 2.19. The Balaban J connectivity index is 1.72. The molecule has 0 saturated heterocycles. The number of hydrogen-bond acceptors (Lipinski definition) is 5. The standard InChI is InChI=1S/C17H14BrN3O3S2/c1-26(23,24)21-14-7-5-11(6-8-14)15-10-25-17(19-15)20-16(22)12-3-2-4-13(18)9-12/h2-10,21H,1H3,(H,19,20,22). The van der Waals surface area contributed by atoms with Gasteiger partial charge in [0.2, 0.25) is 10.0 Å². The van der Waals surface area contributed by atoms with Crippen LogP contribution in [0.15, 0.2) is 58.4 Å². The number of nitrogens with zero attached hydrogens (tertiary/aromatic N) is 1. The minimum absolute atomic E-state index is 0.236. The predicted octanol–water partition coefficient (Wildman–Crippen LogP) is 4.20. The lowest BCUT2D eigenvalue weighted by Gasteiger charge is -2.04. The molecule has 0 spiro atoms. The van der Waals surface area contributed by atoms with Gasteiger partial charge < -0.3 is 0 Å². The van der Waals surface area contributed by atoms with Crippen molar-refractivity contribution < 1.29 is 13.2 Å². The van der Waals surface area contributed by atoms with E-state index in [4.69, 9.17) is 0 Å². The van der Waals surface area contributed by atoms with Gasteiger partial charge in [-0.05, 0) is 30.3 Å². The molecule has 1 heterocycles. The van der Waals surface area contributed by atoms with Crippen molar-refractivity contribution in [3.05, 3.63) is 63.9 Å². The van der Waals surface area contributed by atoms with Crippen molar-refractivity contribution in [2.24, 2.45) is 0 Å². The molecule has 134 valence electrons. The molecule has 0 radical (unpaired) electrons. The van der Waals surface area contributed by atoms with Crippen molar-refractivity contribution in [2.75, 3.05) is 16.3 Å². The number of amides is 1. The summed E-state index contributed by atoms with van der Waals surface area (Å²) in [5.41, 5.74) is 2.54. The molecule has 0 fully saturated rings. The largest absolute Gasteiger partial charge is 0.298 e. The summed E-state index contributed by atoms with van der Waals surface area (Å²) in [6.45, 7) is 0. The van der Waals surface area contributed by atoms with Crippen LogP contribution in [0.1, 0.15) is 10.4 Å². The van der Waals surface area contributed by atoms with E-state index in [1.807, 2.05) is 11.4 Å². The molecule has 0 aliphatic heterocycles. The number of benzene rings is 2.